The number of sulfonamides is 3. The van der Waals surface area contributed by atoms with Crippen LogP contribution in [0.25, 0.3) is 33.4 Å². The van der Waals surface area contributed by atoms with Gasteiger partial charge in [0.25, 0.3) is 10.0 Å². The number of nitrogens with zero attached hydrogens (tertiary/aromatic N) is 1. The van der Waals surface area contributed by atoms with Gasteiger partial charge in [0.05, 0.1) is 20.8 Å². The zero-order chi connectivity index (χ0) is 46.9. The average Bonchev–Trinajstić information content (AvgIpc) is 3.21. The monoisotopic (exact) mass is 939 g/mol. The van der Waals surface area contributed by atoms with Crippen LogP contribution in [0.15, 0.2) is 104 Å². The van der Waals surface area contributed by atoms with Gasteiger partial charge in [0, 0.05) is 64.6 Å². The molecule has 0 saturated carbocycles. The molecule has 0 bridgehead atoms. The van der Waals surface area contributed by atoms with Gasteiger partial charge in [0.2, 0.25) is 15.9 Å². The fraction of sp³-hybridized carbons (Fsp3) is 0.289. The number of carbonyl (C=O) groups is 1. The molecule has 0 aromatic heterocycles. The van der Waals surface area contributed by atoms with Crippen molar-refractivity contribution in [2.45, 2.75) is 76.6 Å². The SMILES string of the molecule is CCC(C)C(=O)NCCCNS(=O)(=O)c1cc(C)c(Nc2ccc3c(-c4ccccc4S(=O)(=O)NS(=O)(=O)C(F)(F)F)c4ccc(=Nc5c(C)cc(C)cc5C)cc-4oc3c2)c(C)c1. The van der Waals surface area contributed by atoms with Gasteiger partial charge in [-0.1, -0.05) is 53.9 Å². The lowest BCUT2D eigenvalue weighted by Crippen LogP contribution is -2.40. The van der Waals surface area contributed by atoms with E-state index in [0.29, 0.717) is 58.2 Å². The highest BCUT2D eigenvalue weighted by Gasteiger charge is 2.48. The van der Waals surface area contributed by atoms with Crippen LogP contribution >= 0.6 is 0 Å². The van der Waals surface area contributed by atoms with Crippen molar-refractivity contribution in [1.29, 1.82) is 0 Å². The van der Waals surface area contributed by atoms with Crippen molar-refractivity contribution in [3.63, 3.8) is 0 Å². The maximum Gasteiger partial charge on any atom is 0.512 e. The molecule has 1 aliphatic heterocycles. The maximum atomic E-state index is 13.5. The lowest BCUT2D eigenvalue weighted by Gasteiger charge is -2.20. The lowest BCUT2D eigenvalue weighted by molar-refractivity contribution is -0.124. The Hall–Kier alpha value is -5.60. The van der Waals surface area contributed by atoms with Crippen molar-refractivity contribution in [1.82, 2.24) is 14.2 Å². The molecule has 0 spiro atoms. The number of nitrogens with one attached hydrogen (secondary N) is 4. The van der Waals surface area contributed by atoms with E-state index in [2.05, 4.69) is 15.4 Å². The number of benzene rings is 5. The van der Waals surface area contributed by atoms with Gasteiger partial charge in [-0.2, -0.15) is 13.2 Å². The Bertz CT molecular complexity index is 3120. The van der Waals surface area contributed by atoms with E-state index >= 15 is 0 Å². The van der Waals surface area contributed by atoms with Gasteiger partial charge in [-0.15, -0.1) is 0 Å². The summed E-state index contributed by atoms with van der Waals surface area (Å²) in [4.78, 5) is 16.2. The zero-order valence-electron chi connectivity index (χ0n) is 36.1. The molecule has 0 fully saturated rings. The van der Waals surface area contributed by atoms with Crippen molar-refractivity contribution in [2.75, 3.05) is 18.4 Å². The quantitative estimate of drug-likeness (QED) is 0.0576. The summed E-state index contributed by atoms with van der Waals surface area (Å²) in [5.41, 5.74) is 0.637. The molecule has 6 rings (SSSR count). The summed E-state index contributed by atoms with van der Waals surface area (Å²) in [5, 5.41) is 6.94. The third-order valence-corrected chi connectivity index (χ3v) is 15.4. The first-order chi connectivity index (χ1) is 29.9. The summed E-state index contributed by atoms with van der Waals surface area (Å²) in [6, 6.07) is 22.0. The van der Waals surface area contributed by atoms with Crippen molar-refractivity contribution in [3.05, 3.63) is 118 Å². The highest BCUT2D eigenvalue weighted by atomic mass is 32.3. The van der Waals surface area contributed by atoms with Crippen molar-refractivity contribution in [3.8, 4) is 22.5 Å². The topological polar surface area (TPSA) is 193 Å². The number of fused-ring (bicyclic) bond motifs is 2. The van der Waals surface area contributed by atoms with Gasteiger partial charge >= 0.3 is 15.5 Å². The van der Waals surface area contributed by atoms with E-state index in [1.165, 1.54) is 30.3 Å². The molecule has 0 saturated heterocycles. The van der Waals surface area contributed by atoms with Crippen LogP contribution in [0.4, 0.5) is 30.2 Å². The predicted octanol–water partition coefficient (Wildman–Crippen LogP) is 8.68. The second-order valence-electron chi connectivity index (χ2n) is 15.7. The van der Waals surface area contributed by atoms with Crippen molar-refractivity contribution in [2.24, 2.45) is 10.9 Å². The van der Waals surface area contributed by atoms with E-state index in [9.17, 15) is 43.2 Å². The summed E-state index contributed by atoms with van der Waals surface area (Å²) in [7, 11) is -15.6. The zero-order valence-corrected chi connectivity index (χ0v) is 38.5. The number of carbonyl (C=O) groups excluding carboxylic acids is 1. The highest BCUT2D eigenvalue weighted by molar-refractivity contribution is 8.05. The Kier molecular flexibility index (Phi) is 13.8. The lowest BCUT2D eigenvalue weighted by atomic mass is 9.93. The fourth-order valence-electron chi connectivity index (χ4n) is 7.31. The molecule has 19 heteroatoms. The van der Waals surface area contributed by atoms with E-state index in [-0.39, 0.29) is 45.7 Å². The summed E-state index contributed by atoms with van der Waals surface area (Å²) in [6.07, 6.45) is 1.09. The second kappa shape index (κ2) is 18.5. The molecule has 1 amide bonds. The number of halogens is 3. The van der Waals surface area contributed by atoms with E-state index in [1.54, 1.807) is 50.2 Å². The number of anilines is 2. The number of hydrogen-bond acceptors (Lipinski definition) is 10. The Morgan fingerprint density at radius 2 is 1.42 bits per heavy atom. The van der Waals surface area contributed by atoms with Crippen LogP contribution in [-0.4, -0.2) is 49.8 Å². The first-order valence-corrected chi connectivity index (χ1v) is 24.6. The van der Waals surface area contributed by atoms with Crippen LogP contribution in [0.5, 0.6) is 0 Å². The molecule has 1 heterocycles. The molecule has 340 valence electrons. The average molecular weight is 940 g/mol. The van der Waals surface area contributed by atoms with Gasteiger partial charge in [0.15, 0.2) is 0 Å². The van der Waals surface area contributed by atoms with Crippen LogP contribution in [0.2, 0.25) is 0 Å². The second-order valence-corrected chi connectivity index (χ2v) is 21.0. The van der Waals surface area contributed by atoms with E-state index in [0.717, 1.165) is 32.6 Å². The van der Waals surface area contributed by atoms with Gasteiger partial charge in [-0.25, -0.2) is 35.0 Å². The largest absolute Gasteiger partial charge is 0.512 e. The normalized spacial score (nSPS) is 13.4. The molecule has 64 heavy (non-hydrogen) atoms. The first-order valence-electron chi connectivity index (χ1n) is 20.2. The smallest absolute Gasteiger partial charge is 0.456 e. The number of rotatable bonds is 15. The third-order valence-electron chi connectivity index (χ3n) is 10.6. The minimum Gasteiger partial charge on any atom is -0.456 e. The van der Waals surface area contributed by atoms with Crippen LogP contribution < -0.4 is 24.8 Å². The summed E-state index contributed by atoms with van der Waals surface area (Å²) in [6.45, 7) is 13.5. The van der Waals surface area contributed by atoms with Gasteiger partial charge in [0.1, 0.15) is 11.3 Å². The Morgan fingerprint density at radius 3 is 2.06 bits per heavy atom. The molecular formula is C45H48F3N5O8S3. The highest BCUT2D eigenvalue weighted by Crippen LogP contribution is 2.43. The molecule has 1 unspecified atom stereocenters. The number of hydrogen-bond donors (Lipinski definition) is 4. The van der Waals surface area contributed by atoms with E-state index in [1.807, 2.05) is 46.8 Å². The maximum absolute atomic E-state index is 13.5. The molecule has 1 aliphatic carbocycles. The van der Waals surface area contributed by atoms with Gasteiger partial charge in [-0.3, -0.25) is 4.79 Å². The van der Waals surface area contributed by atoms with Crippen LogP contribution in [0, 0.1) is 40.5 Å². The minimum atomic E-state index is -6.33. The molecule has 13 nitrogen and oxygen atoms in total. The minimum absolute atomic E-state index is 0.0460. The van der Waals surface area contributed by atoms with Crippen LogP contribution in [0.1, 0.15) is 54.5 Å². The Morgan fingerprint density at radius 1 is 0.766 bits per heavy atom. The molecule has 4 aromatic carbocycles. The van der Waals surface area contributed by atoms with Crippen molar-refractivity contribution >= 4 is 64.0 Å². The predicted molar refractivity (Wildman–Crippen MR) is 241 cm³/mol. The van der Waals surface area contributed by atoms with Crippen molar-refractivity contribution < 1.29 is 47.6 Å². The summed E-state index contributed by atoms with van der Waals surface area (Å²) < 4.78 is 128. The van der Waals surface area contributed by atoms with E-state index < -0.39 is 40.5 Å². The Labute approximate surface area is 370 Å². The third kappa shape index (κ3) is 10.3. The fourth-order valence-corrected chi connectivity index (χ4v) is 11.2. The molecular weight excluding hydrogens is 892 g/mol. The molecule has 2 aliphatic rings. The van der Waals surface area contributed by atoms with Gasteiger partial charge < -0.3 is 15.1 Å². The molecule has 4 aromatic rings. The standard InChI is InChI=1S/C45H48F3N5O8S3/c1-8-27(3)44(54)49-18-11-19-50-62(55,56)34-22-30(6)43(31(7)23-34)52-33-15-17-36-39(25-33)61-38-24-32(51-42-28(4)20-26(2)21-29(42)5)14-16-35(38)41(36)37-12-9-10-13-40(37)63(57,58)53-64(59,60)45(46,47)48/h9-10,12-17,20-25,27,50,52-53H,8,11,18-19H2,1-7H3,(H,49,54). The number of aryl methyl sites for hydroxylation is 5. The first kappa shape index (κ1) is 47.9. The molecule has 4 N–H and O–H groups in total. The summed E-state index contributed by atoms with van der Waals surface area (Å²) >= 11 is 0. The number of alkyl halides is 3. The Balaban J connectivity index is 1.43. The molecule has 1 atom stereocenters. The number of amides is 1. The van der Waals surface area contributed by atoms with Crippen LogP contribution in [0.3, 0.4) is 0 Å². The van der Waals surface area contributed by atoms with E-state index in [4.69, 9.17) is 9.41 Å². The summed E-state index contributed by atoms with van der Waals surface area (Å²) in [5.74, 6) is -0.00438. The van der Waals surface area contributed by atoms with Gasteiger partial charge in [-0.05, 0) is 112 Å². The molecule has 0 radical (unpaired) electrons. The van der Waals surface area contributed by atoms with Crippen LogP contribution in [-0.2, 0) is 34.9 Å².